The van der Waals surface area contributed by atoms with Crippen LogP contribution in [0.3, 0.4) is 0 Å². The summed E-state index contributed by atoms with van der Waals surface area (Å²) in [6, 6.07) is 4.59. The van der Waals surface area contributed by atoms with Crippen molar-refractivity contribution in [2.45, 2.75) is 32.5 Å². The summed E-state index contributed by atoms with van der Waals surface area (Å²) in [5.41, 5.74) is -0.274. The topological polar surface area (TPSA) is 69.0 Å². The number of nitrogens with one attached hydrogen (secondary N) is 1. The van der Waals surface area contributed by atoms with Crippen LogP contribution in [0.4, 0.5) is 18.0 Å². The monoisotopic (exact) mass is 356 g/mol. The molecule has 0 saturated carbocycles. The van der Waals surface area contributed by atoms with Gasteiger partial charge in [-0.05, 0) is 18.6 Å². The predicted molar refractivity (Wildman–Crippen MR) is 84.5 cm³/mol. The fourth-order valence-corrected chi connectivity index (χ4v) is 2.01. The van der Waals surface area contributed by atoms with E-state index in [1.807, 2.05) is 6.92 Å². The molecule has 0 aliphatic rings. The van der Waals surface area contributed by atoms with E-state index in [-0.39, 0.29) is 12.4 Å². The van der Waals surface area contributed by atoms with Crippen LogP contribution in [-0.2, 0) is 24.5 Å². The second-order valence-electron chi connectivity index (χ2n) is 5.39. The molecule has 0 aliphatic heterocycles. The van der Waals surface area contributed by atoms with Gasteiger partial charge >= 0.3 is 12.3 Å². The molecule has 9 heteroatoms. The van der Waals surface area contributed by atoms with Crippen LogP contribution in [0.5, 0.6) is 0 Å². The van der Waals surface area contributed by atoms with Gasteiger partial charge in [-0.1, -0.05) is 25.5 Å². The van der Waals surface area contributed by atoms with Crippen molar-refractivity contribution in [3.05, 3.63) is 35.7 Å². The zero-order valence-corrected chi connectivity index (χ0v) is 13.9. The molecule has 1 heterocycles. The molecule has 0 bridgehead atoms. The maximum absolute atomic E-state index is 12.6. The Bertz CT molecular complexity index is 711. The second kappa shape index (κ2) is 8.00. The summed E-state index contributed by atoms with van der Waals surface area (Å²) in [4.78, 5) is 15.8. The smallest absolute Gasteiger partial charge is 0.416 e. The molecule has 1 aromatic carbocycles. The summed E-state index contributed by atoms with van der Waals surface area (Å²) in [7, 11) is 1.64. The molecule has 1 aromatic heterocycles. The quantitative estimate of drug-likeness (QED) is 0.804. The Morgan fingerprint density at radius 3 is 2.56 bits per heavy atom. The molecular weight excluding hydrogens is 337 g/mol. The molecule has 1 N–H and O–H groups in total. The number of nitrogens with zero attached hydrogens (tertiary/aromatic N) is 3. The molecule has 0 aliphatic carbocycles. The first-order valence-electron chi connectivity index (χ1n) is 7.79. The van der Waals surface area contributed by atoms with Crippen molar-refractivity contribution in [2.24, 2.45) is 7.05 Å². The first kappa shape index (κ1) is 18.8. The molecule has 0 saturated heterocycles. The van der Waals surface area contributed by atoms with Gasteiger partial charge in [0.2, 0.25) is 0 Å². The van der Waals surface area contributed by atoms with Crippen LogP contribution in [-0.4, -0.2) is 27.5 Å². The minimum Gasteiger partial charge on any atom is -0.450 e. The molecule has 2 aromatic rings. The number of unbranched alkanes of at least 4 members (excludes halogenated alkanes) is 1. The van der Waals surface area contributed by atoms with Crippen LogP contribution < -0.4 is 5.32 Å². The van der Waals surface area contributed by atoms with E-state index in [2.05, 4.69) is 15.4 Å². The van der Waals surface area contributed by atoms with Crippen LogP contribution >= 0.6 is 0 Å². The molecule has 0 unspecified atom stereocenters. The van der Waals surface area contributed by atoms with E-state index in [1.54, 1.807) is 7.05 Å². The molecule has 0 fully saturated rings. The Balaban J connectivity index is 2.01. The van der Waals surface area contributed by atoms with E-state index in [0.717, 1.165) is 25.0 Å². The molecule has 6 nitrogen and oxygen atoms in total. The Hall–Kier alpha value is -2.58. The molecule has 1 amide bonds. The third-order valence-corrected chi connectivity index (χ3v) is 3.45. The molecule has 136 valence electrons. The van der Waals surface area contributed by atoms with E-state index in [9.17, 15) is 18.0 Å². The normalized spacial score (nSPS) is 11.4. The van der Waals surface area contributed by atoms with Crippen LogP contribution in [0, 0.1) is 0 Å². The first-order valence-corrected chi connectivity index (χ1v) is 7.79. The second-order valence-corrected chi connectivity index (χ2v) is 5.39. The van der Waals surface area contributed by atoms with Gasteiger partial charge in [-0.3, -0.25) is 4.68 Å². The number of alkyl carbamates (subject to hydrolysis) is 1. The van der Waals surface area contributed by atoms with Gasteiger partial charge in [-0.25, -0.2) is 9.78 Å². The van der Waals surface area contributed by atoms with Gasteiger partial charge in [0.25, 0.3) is 0 Å². The van der Waals surface area contributed by atoms with Crippen molar-refractivity contribution >= 4 is 6.09 Å². The third kappa shape index (κ3) is 5.20. The predicted octanol–water partition coefficient (Wildman–Crippen LogP) is 3.53. The highest BCUT2D eigenvalue weighted by molar-refractivity contribution is 5.67. The highest BCUT2D eigenvalue weighted by Gasteiger charge is 2.30. The van der Waals surface area contributed by atoms with E-state index in [4.69, 9.17) is 4.74 Å². The van der Waals surface area contributed by atoms with Gasteiger partial charge in [0.1, 0.15) is 5.82 Å². The molecular formula is C16H19F3N4O2. The lowest BCUT2D eigenvalue weighted by molar-refractivity contribution is -0.137. The summed E-state index contributed by atoms with van der Waals surface area (Å²) < 4.78 is 44.2. The molecule has 2 rings (SSSR count). The number of carbonyl (C=O) groups excluding carboxylic acids is 1. The fraction of sp³-hybridized carbons (Fsp3) is 0.438. The van der Waals surface area contributed by atoms with Gasteiger partial charge in [0.05, 0.1) is 18.7 Å². The average molecular weight is 356 g/mol. The number of amides is 1. The van der Waals surface area contributed by atoms with E-state index >= 15 is 0 Å². The number of rotatable bonds is 6. The molecule has 0 radical (unpaired) electrons. The minimum absolute atomic E-state index is 0.106. The standard InChI is InChI=1S/C16H19F3N4O2/c1-3-4-9-25-15(24)20-10-13-21-14(22-23(13)2)11-5-7-12(8-6-11)16(17,18)19/h5-8H,3-4,9-10H2,1-2H3,(H,20,24). The Morgan fingerprint density at radius 2 is 1.96 bits per heavy atom. The molecule has 0 spiro atoms. The maximum atomic E-state index is 12.6. The zero-order chi connectivity index (χ0) is 18.4. The highest BCUT2D eigenvalue weighted by Crippen LogP contribution is 2.30. The largest absolute Gasteiger partial charge is 0.450 e. The fourth-order valence-electron chi connectivity index (χ4n) is 2.01. The van der Waals surface area contributed by atoms with Crippen molar-refractivity contribution in [3.8, 4) is 11.4 Å². The van der Waals surface area contributed by atoms with Crippen LogP contribution in [0.1, 0.15) is 31.2 Å². The van der Waals surface area contributed by atoms with Crippen molar-refractivity contribution in [3.63, 3.8) is 0 Å². The van der Waals surface area contributed by atoms with Crippen LogP contribution in [0.2, 0.25) is 0 Å². The summed E-state index contributed by atoms with van der Waals surface area (Å²) >= 11 is 0. The minimum atomic E-state index is -4.39. The zero-order valence-electron chi connectivity index (χ0n) is 13.9. The highest BCUT2D eigenvalue weighted by atomic mass is 19.4. The van der Waals surface area contributed by atoms with Gasteiger partial charge in [-0.15, -0.1) is 0 Å². The lowest BCUT2D eigenvalue weighted by Gasteiger charge is -2.06. The number of aryl methyl sites for hydroxylation is 1. The van der Waals surface area contributed by atoms with Crippen molar-refractivity contribution in [1.82, 2.24) is 20.1 Å². The van der Waals surface area contributed by atoms with Gasteiger partial charge in [-0.2, -0.15) is 18.3 Å². The Labute approximate surface area is 143 Å². The molecule has 25 heavy (non-hydrogen) atoms. The van der Waals surface area contributed by atoms with Gasteiger partial charge in [0.15, 0.2) is 5.82 Å². The number of aromatic nitrogens is 3. The van der Waals surface area contributed by atoms with Crippen LogP contribution in [0.25, 0.3) is 11.4 Å². The van der Waals surface area contributed by atoms with Gasteiger partial charge in [0, 0.05) is 12.6 Å². The first-order chi connectivity index (χ1) is 11.8. The summed E-state index contributed by atoms with van der Waals surface area (Å²) in [5, 5.41) is 6.72. The average Bonchev–Trinajstić information content (AvgIpc) is 2.93. The van der Waals surface area contributed by atoms with E-state index in [1.165, 1.54) is 16.8 Å². The van der Waals surface area contributed by atoms with E-state index < -0.39 is 17.8 Å². The lowest BCUT2D eigenvalue weighted by Crippen LogP contribution is -2.25. The third-order valence-electron chi connectivity index (χ3n) is 3.45. The summed E-state index contributed by atoms with van der Waals surface area (Å²) in [5.74, 6) is 0.745. The van der Waals surface area contributed by atoms with Gasteiger partial charge < -0.3 is 10.1 Å². The lowest BCUT2D eigenvalue weighted by atomic mass is 10.1. The number of halogens is 3. The number of ether oxygens (including phenoxy) is 1. The number of hydrogen-bond donors (Lipinski definition) is 1. The Kier molecular flexibility index (Phi) is 6.00. The van der Waals surface area contributed by atoms with Crippen molar-refractivity contribution in [1.29, 1.82) is 0 Å². The number of alkyl halides is 3. The van der Waals surface area contributed by atoms with E-state index in [0.29, 0.717) is 18.0 Å². The summed E-state index contributed by atoms with van der Waals surface area (Å²) in [6.07, 6.45) is -3.22. The number of hydrogen-bond acceptors (Lipinski definition) is 4. The number of carbonyl (C=O) groups is 1. The van der Waals surface area contributed by atoms with Crippen molar-refractivity contribution in [2.75, 3.05) is 6.61 Å². The van der Waals surface area contributed by atoms with Crippen LogP contribution in [0.15, 0.2) is 24.3 Å². The summed E-state index contributed by atoms with van der Waals surface area (Å²) in [6.45, 7) is 2.44. The van der Waals surface area contributed by atoms with Crippen molar-refractivity contribution < 1.29 is 22.7 Å². The molecule has 0 atom stereocenters. The Morgan fingerprint density at radius 1 is 1.28 bits per heavy atom. The maximum Gasteiger partial charge on any atom is 0.416 e. The number of benzene rings is 1. The SMILES string of the molecule is CCCCOC(=O)NCc1nc(-c2ccc(C(F)(F)F)cc2)nn1C.